The van der Waals surface area contributed by atoms with Gasteiger partial charge in [0, 0.05) is 0 Å². The summed E-state index contributed by atoms with van der Waals surface area (Å²) >= 11 is 5.48. The molecule has 1 aromatic carbocycles. The number of hydrogen-bond acceptors (Lipinski definition) is 3. The van der Waals surface area contributed by atoms with Crippen LogP contribution in [0.2, 0.25) is 5.02 Å². The lowest BCUT2D eigenvalue weighted by molar-refractivity contribution is 0.595. The summed E-state index contributed by atoms with van der Waals surface area (Å²) in [7, 11) is -3.91. The molecule has 16 heavy (non-hydrogen) atoms. The summed E-state index contributed by atoms with van der Waals surface area (Å²) in [6.07, 6.45) is 0. The van der Waals surface area contributed by atoms with Crippen LogP contribution in [0, 0.1) is 17.1 Å². The Kier molecular flexibility index (Phi) is 3.73. The molecule has 0 fully saturated rings. The van der Waals surface area contributed by atoms with E-state index in [0.29, 0.717) is 0 Å². The van der Waals surface area contributed by atoms with E-state index in [9.17, 15) is 12.8 Å². The lowest BCUT2D eigenvalue weighted by atomic mass is 10.3. The van der Waals surface area contributed by atoms with Gasteiger partial charge in [0.2, 0.25) is 10.0 Å². The van der Waals surface area contributed by atoms with Gasteiger partial charge < -0.3 is 0 Å². The molecule has 0 aromatic heterocycles. The second kappa shape index (κ2) is 4.68. The topological polar surface area (TPSA) is 70.0 Å². The Morgan fingerprint density at radius 1 is 1.56 bits per heavy atom. The van der Waals surface area contributed by atoms with Crippen molar-refractivity contribution in [2.75, 3.05) is 4.72 Å². The van der Waals surface area contributed by atoms with Crippen molar-refractivity contribution in [3.05, 3.63) is 29.0 Å². The van der Waals surface area contributed by atoms with E-state index in [1.165, 1.54) is 25.1 Å². The molecule has 0 aliphatic rings. The third kappa shape index (κ3) is 2.62. The fourth-order valence-corrected chi connectivity index (χ4v) is 1.85. The zero-order valence-electron chi connectivity index (χ0n) is 8.24. The summed E-state index contributed by atoms with van der Waals surface area (Å²) in [5.41, 5.74) is -0.269. The van der Waals surface area contributed by atoms with Crippen molar-refractivity contribution in [1.82, 2.24) is 0 Å². The van der Waals surface area contributed by atoms with Crippen LogP contribution in [-0.4, -0.2) is 13.7 Å². The van der Waals surface area contributed by atoms with E-state index in [1.54, 1.807) is 6.07 Å². The van der Waals surface area contributed by atoms with Crippen molar-refractivity contribution >= 4 is 27.3 Å². The average Bonchev–Trinajstić information content (AvgIpc) is 2.23. The zero-order valence-corrected chi connectivity index (χ0v) is 9.81. The molecule has 0 aliphatic heterocycles. The first-order chi connectivity index (χ1) is 7.38. The SMILES string of the molecule is CC(C#N)S(=O)(=O)Nc1cccc(Cl)c1F. The second-order valence-corrected chi connectivity index (χ2v) is 5.43. The predicted molar refractivity (Wildman–Crippen MR) is 59.0 cm³/mol. The summed E-state index contributed by atoms with van der Waals surface area (Å²) in [5.74, 6) is -0.863. The molecular weight excluding hydrogens is 255 g/mol. The van der Waals surface area contributed by atoms with Crippen molar-refractivity contribution < 1.29 is 12.8 Å². The molecule has 1 N–H and O–H groups in total. The Bertz CT molecular complexity index is 539. The summed E-state index contributed by atoms with van der Waals surface area (Å²) in [6.45, 7) is 1.20. The highest BCUT2D eigenvalue weighted by Crippen LogP contribution is 2.23. The van der Waals surface area contributed by atoms with E-state index in [4.69, 9.17) is 16.9 Å². The number of rotatable bonds is 3. The van der Waals surface area contributed by atoms with Crippen LogP contribution >= 0.6 is 11.6 Å². The number of sulfonamides is 1. The Hall–Kier alpha value is -1.32. The van der Waals surface area contributed by atoms with Gasteiger partial charge in [0.05, 0.1) is 16.8 Å². The van der Waals surface area contributed by atoms with E-state index < -0.39 is 21.1 Å². The minimum Gasteiger partial charge on any atom is -0.279 e. The quantitative estimate of drug-likeness (QED) is 0.907. The molecule has 0 bridgehead atoms. The number of halogens is 2. The number of nitrogens with zero attached hydrogens (tertiary/aromatic N) is 1. The first kappa shape index (κ1) is 12.7. The van der Waals surface area contributed by atoms with Crippen molar-refractivity contribution in [2.24, 2.45) is 0 Å². The van der Waals surface area contributed by atoms with E-state index in [-0.39, 0.29) is 10.7 Å². The van der Waals surface area contributed by atoms with Gasteiger partial charge in [0.15, 0.2) is 11.1 Å². The highest BCUT2D eigenvalue weighted by Gasteiger charge is 2.21. The number of nitrogens with one attached hydrogen (secondary N) is 1. The first-order valence-corrected chi connectivity index (χ1v) is 6.16. The Labute approximate surface area is 97.7 Å². The fourth-order valence-electron chi connectivity index (χ4n) is 0.894. The summed E-state index contributed by atoms with van der Waals surface area (Å²) in [5, 5.41) is 7.02. The maximum absolute atomic E-state index is 13.4. The van der Waals surface area contributed by atoms with Crippen LogP contribution in [0.5, 0.6) is 0 Å². The van der Waals surface area contributed by atoms with Gasteiger partial charge in [-0.3, -0.25) is 4.72 Å². The molecule has 0 aliphatic carbocycles. The molecule has 0 saturated carbocycles. The van der Waals surface area contributed by atoms with Gasteiger partial charge in [-0.1, -0.05) is 17.7 Å². The van der Waals surface area contributed by atoms with Crippen LogP contribution < -0.4 is 4.72 Å². The summed E-state index contributed by atoms with van der Waals surface area (Å²) < 4.78 is 38.2. The Morgan fingerprint density at radius 3 is 2.75 bits per heavy atom. The molecule has 0 spiro atoms. The van der Waals surface area contributed by atoms with Gasteiger partial charge in [-0.15, -0.1) is 0 Å². The molecule has 1 unspecified atom stereocenters. The van der Waals surface area contributed by atoms with Crippen molar-refractivity contribution in [3.63, 3.8) is 0 Å². The monoisotopic (exact) mass is 262 g/mol. The fraction of sp³-hybridized carbons (Fsp3) is 0.222. The largest absolute Gasteiger partial charge is 0.279 e. The molecule has 0 saturated heterocycles. The van der Waals surface area contributed by atoms with E-state index in [2.05, 4.69) is 0 Å². The Balaban J connectivity index is 3.08. The summed E-state index contributed by atoms with van der Waals surface area (Å²) in [6, 6.07) is 5.48. The van der Waals surface area contributed by atoms with E-state index in [0.717, 1.165) is 0 Å². The van der Waals surface area contributed by atoms with Gasteiger partial charge in [-0.25, -0.2) is 12.8 Å². The standard InChI is InChI=1S/C9H8ClFN2O2S/c1-6(5-12)16(14,15)13-8-4-2-3-7(10)9(8)11/h2-4,6,13H,1H3. The van der Waals surface area contributed by atoms with Gasteiger partial charge in [-0.2, -0.15) is 5.26 Å². The smallest absolute Gasteiger partial charge is 0.248 e. The van der Waals surface area contributed by atoms with Crippen LogP contribution in [0.15, 0.2) is 18.2 Å². The number of nitriles is 1. The van der Waals surface area contributed by atoms with E-state index in [1.807, 2.05) is 4.72 Å². The number of benzene rings is 1. The summed E-state index contributed by atoms with van der Waals surface area (Å²) in [4.78, 5) is 0. The minimum atomic E-state index is -3.91. The zero-order chi connectivity index (χ0) is 12.3. The first-order valence-electron chi connectivity index (χ1n) is 4.23. The molecule has 1 rings (SSSR count). The van der Waals surface area contributed by atoms with Gasteiger partial charge in [-0.05, 0) is 19.1 Å². The maximum atomic E-state index is 13.4. The normalized spacial score (nSPS) is 12.9. The number of hydrogen-bond donors (Lipinski definition) is 1. The van der Waals surface area contributed by atoms with Crippen LogP contribution in [0.4, 0.5) is 10.1 Å². The number of anilines is 1. The highest BCUT2D eigenvalue weighted by molar-refractivity contribution is 7.93. The Morgan fingerprint density at radius 2 is 2.19 bits per heavy atom. The van der Waals surface area contributed by atoms with Crippen molar-refractivity contribution in [1.29, 1.82) is 5.26 Å². The lowest BCUT2D eigenvalue weighted by Gasteiger charge is -2.10. The molecular formula is C9H8ClFN2O2S. The van der Waals surface area contributed by atoms with Gasteiger partial charge in [0.1, 0.15) is 0 Å². The highest BCUT2D eigenvalue weighted by atomic mass is 35.5. The van der Waals surface area contributed by atoms with Crippen LogP contribution in [0.3, 0.4) is 0 Å². The van der Waals surface area contributed by atoms with Gasteiger partial charge in [0.25, 0.3) is 0 Å². The van der Waals surface area contributed by atoms with Crippen molar-refractivity contribution in [3.8, 4) is 6.07 Å². The third-order valence-corrected chi connectivity index (χ3v) is 3.68. The lowest BCUT2D eigenvalue weighted by Crippen LogP contribution is -2.24. The maximum Gasteiger partial charge on any atom is 0.248 e. The van der Waals surface area contributed by atoms with Gasteiger partial charge >= 0.3 is 0 Å². The third-order valence-electron chi connectivity index (χ3n) is 1.85. The molecule has 4 nitrogen and oxygen atoms in total. The van der Waals surface area contributed by atoms with Crippen LogP contribution in [0.1, 0.15) is 6.92 Å². The second-order valence-electron chi connectivity index (χ2n) is 3.02. The minimum absolute atomic E-state index is 0.190. The molecule has 7 heteroatoms. The molecule has 1 atom stereocenters. The average molecular weight is 263 g/mol. The molecule has 0 amide bonds. The molecule has 0 heterocycles. The molecule has 0 radical (unpaired) electrons. The van der Waals surface area contributed by atoms with Crippen molar-refractivity contribution in [2.45, 2.75) is 12.2 Å². The molecule has 86 valence electrons. The van der Waals surface area contributed by atoms with Crippen LogP contribution in [0.25, 0.3) is 0 Å². The van der Waals surface area contributed by atoms with E-state index >= 15 is 0 Å². The van der Waals surface area contributed by atoms with Crippen LogP contribution in [-0.2, 0) is 10.0 Å². The predicted octanol–water partition coefficient (Wildman–Crippen LogP) is 2.13. The molecule has 1 aromatic rings.